The lowest BCUT2D eigenvalue weighted by atomic mass is 10.2. The Hall–Kier alpha value is -2.60. The summed E-state index contributed by atoms with van der Waals surface area (Å²) in [5.74, 6) is -0.932. The first-order valence-electron chi connectivity index (χ1n) is 7.17. The van der Waals surface area contributed by atoms with E-state index in [-0.39, 0.29) is 23.4 Å². The molecule has 2 N–H and O–H groups in total. The van der Waals surface area contributed by atoms with E-state index in [9.17, 15) is 14.0 Å². The smallest absolute Gasteiger partial charge is 0.253 e. The third kappa shape index (κ3) is 4.70. The summed E-state index contributed by atoms with van der Waals surface area (Å²) in [7, 11) is 3.36. The van der Waals surface area contributed by atoms with Gasteiger partial charge in [-0.05, 0) is 42.5 Å². The lowest BCUT2D eigenvalue weighted by Crippen LogP contribution is -2.22. The number of carbonyl (C=O) groups excluding carboxylic acids is 2. The van der Waals surface area contributed by atoms with Crippen molar-refractivity contribution in [2.24, 2.45) is 0 Å². The van der Waals surface area contributed by atoms with Gasteiger partial charge in [-0.2, -0.15) is 0 Å². The van der Waals surface area contributed by atoms with Crippen LogP contribution in [0.2, 0.25) is 5.02 Å². The van der Waals surface area contributed by atoms with E-state index < -0.39 is 5.82 Å². The van der Waals surface area contributed by atoms with E-state index in [0.29, 0.717) is 16.9 Å². The molecule has 7 heteroatoms. The number of anilines is 2. The minimum Gasteiger partial charge on any atom is -0.376 e. The minimum atomic E-state index is -0.542. The normalized spacial score (nSPS) is 10.2. The number of nitrogens with zero attached hydrogens (tertiary/aromatic N) is 1. The van der Waals surface area contributed by atoms with Crippen molar-refractivity contribution in [3.8, 4) is 0 Å². The number of hydrogen-bond acceptors (Lipinski definition) is 3. The van der Waals surface area contributed by atoms with Gasteiger partial charge >= 0.3 is 0 Å². The summed E-state index contributed by atoms with van der Waals surface area (Å²) in [6.45, 7) is 0.0238. The van der Waals surface area contributed by atoms with Crippen LogP contribution in [0.5, 0.6) is 0 Å². The van der Waals surface area contributed by atoms with Crippen molar-refractivity contribution in [3.63, 3.8) is 0 Å². The Labute approximate surface area is 144 Å². The Morgan fingerprint density at radius 3 is 2.29 bits per heavy atom. The molecule has 0 aromatic heterocycles. The number of benzene rings is 2. The van der Waals surface area contributed by atoms with Gasteiger partial charge in [0.2, 0.25) is 5.91 Å². The van der Waals surface area contributed by atoms with Crippen LogP contribution in [-0.2, 0) is 4.79 Å². The third-order valence-corrected chi connectivity index (χ3v) is 3.48. The summed E-state index contributed by atoms with van der Waals surface area (Å²) in [4.78, 5) is 25.1. The van der Waals surface area contributed by atoms with Gasteiger partial charge in [0.1, 0.15) is 5.82 Å². The number of hydrogen-bond donors (Lipinski definition) is 2. The molecular weight excluding hydrogens is 333 g/mol. The van der Waals surface area contributed by atoms with Gasteiger partial charge in [0.15, 0.2) is 0 Å². The van der Waals surface area contributed by atoms with Crippen molar-refractivity contribution in [1.82, 2.24) is 4.90 Å². The molecule has 2 amide bonds. The van der Waals surface area contributed by atoms with Gasteiger partial charge in [0.05, 0.1) is 11.6 Å². The van der Waals surface area contributed by atoms with E-state index in [0.717, 1.165) is 0 Å². The van der Waals surface area contributed by atoms with Crippen LogP contribution >= 0.6 is 11.6 Å². The quantitative estimate of drug-likeness (QED) is 0.871. The zero-order valence-corrected chi connectivity index (χ0v) is 14.0. The Balaban J connectivity index is 1.89. The van der Waals surface area contributed by atoms with Gasteiger partial charge in [-0.15, -0.1) is 0 Å². The van der Waals surface area contributed by atoms with E-state index >= 15 is 0 Å². The van der Waals surface area contributed by atoms with Gasteiger partial charge < -0.3 is 15.5 Å². The molecule has 126 valence electrons. The fraction of sp³-hybridized carbons (Fsp3) is 0.176. The SMILES string of the molecule is CN(C)C(=O)c1ccc(NCC(=O)Nc2ccc(F)c(Cl)c2)cc1. The van der Waals surface area contributed by atoms with Gasteiger partial charge in [0.25, 0.3) is 5.91 Å². The number of rotatable bonds is 5. The van der Waals surface area contributed by atoms with Crippen LogP contribution in [0.4, 0.5) is 15.8 Å². The molecule has 2 aromatic rings. The molecule has 0 fully saturated rings. The van der Waals surface area contributed by atoms with Crippen LogP contribution in [0.15, 0.2) is 42.5 Å². The van der Waals surface area contributed by atoms with E-state index in [1.165, 1.54) is 23.1 Å². The van der Waals surface area contributed by atoms with Gasteiger partial charge in [-0.25, -0.2) is 4.39 Å². The summed E-state index contributed by atoms with van der Waals surface area (Å²) >= 11 is 5.66. The molecule has 0 saturated heterocycles. The average molecular weight is 350 g/mol. The van der Waals surface area contributed by atoms with Crippen LogP contribution in [0.3, 0.4) is 0 Å². The highest BCUT2D eigenvalue weighted by Gasteiger charge is 2.08. The molecule has 0 heterocycles. The molecule has 0 saturated carbocycles. The molecule has 0 unspecified atom stereocenters. The fourth-order valence-electron chi connectivity index (χ4n) is 1.95. The summed E-state index contributed by atoms with van der Waals surface area (Å²) in [6.07, 6.45) is 0. The largest absolute Gasteiger partial charge is 0.376 e. The van der Waals surface area contributed by atoms with Crippen molar-refractivity contribution in [1.29, 1.82) is 0 Å². The van der Waals surface area contributed by atoms with Gasteiger partial charge in [-0.1, -0.05) is 11.6 Å². The highest BCUT2D eigenvalue weighted by Crippen LogP contribution is 2.19. The number of amides is 2. The standard InChI is InChI=1S/C17H17ClFN3O2/c1-22(2)17(24)11-3-5-12(6-4-11)20-10-16(23)21-13-7-8-15(19)14(18)9-13/h3-9,20H,10H2,1-2H3,(H,21,23). The lowest BCUT2D eigenvalue weighted by molar-refractivity contribution is -0.114. The van der Waals surface area contributed by atoms with Gasteiger partial charge in [0, 0.05) is 31.0 Å². The molecule has 2 rings (SSSR count). The van der Waals surface area contributed by atoms with Crippen molar-refractivity contribution in [3.05, 3.63) is 58.9 Å². The number of halogens is 2. The average Bonchev–Trinajstić information content (AvgIpc) is 2.56. The summed E-state index contributed by atoms with van der Waals surface area (Å²) in [5, 5.41) is 5.50. The number of carbonyl (C=O) groups is 2. The second-order valence-corrected chi connectivity index (χ2v) is 5.71. The first-order valence-corrected chi connectivity index (χ1v) is 7.55. The zero-order chi connectivity index (χ0) is 17.7. The van der Waals surface area contributed by atoms with E-state index in [1.807, 2.05) is 0 Å². The summed E-state index contributed by atoms with van der Waals surface area (Å²) in [6, 6.07) is 10.8. The summed E-state index contributed by atoms with van der Waals surface area (Å²) in [5.41, 5.74) is 1.69. The first kappa shape index (κ1) is 17.7. The van der Waals surface area contributed by atoms with Crippen LogP contribution in [0.1, 0.15) is 10.4 Å². The topological polar surface area (TPSA) is 61.4 Å². The zero-order valence-electron chi connectivity index (χ0n) is 13.3. The molecule has 0 radical (unpaired) electrons. The maximum atomic E-state index is 13.1. The number of nitrogens with one attached hydrogen (secondary N) is 2. The van der Waals surface area contributed by atoms with Crippen molar-refractivity contribution in [2.75, 3.05) is 31.3 Å². The molecule has 0 bridgehead atoms. The molecule has 0 aliphatic heterocycles. The third-order valence-electron chi connectivity index (χ3n) is 3.19. The molecule has 0 spiro atoms. The van der Waals surface area contributed by atoms with Crippen LogP contribution in [-0.4, -0.2) is 37.4 Å². The fourth-order valence-corrected chi connectivity index (χ4v) is 2.13. The second kappa shape index (κ2) is 7.79. The Morgan fingerprint density at radius 1 is 1.08 bits per heavy atom. The van der Waals surface area contributed by atoms with E-state index in [1.54, 1.807) is 38.4 Å². The van der Waals surface area contributed by atoms with Crippen molar-refractivity contribution in [2.45, 2.75) is 0 Å². The predicted octanol–water partition coefficient (Wildman–Crippen LogP) is 3.23. The molecule has 0 aliphatic rings. The second-order valence-electron chi connectivity index (χ2n) is 5.31. The highest BCUT2D eigenvalue weighted by molar-refractivity contribution is 6.31. The molecule has 5 nitrogen and oxygen atoms in total. The maximum absolute atomic E-state index is 13.1. The molecular formula is C17H17ClFN3O2. The molecule has 2 aromatic carbocycles. The van der Waals surface area contributed by atoms with Crippen LogP contribution < -0.4 is 10.6 Å². The van der Waals surface area contributed by atoms with Crippen molar-refractivity contribution < 1.29 is 14.0 Å². The highest BCUT2D eigenvalue weighted by atomic mass is 35.5. The lowest BCUT2D eigenvalue weighted by Gasteiger charge is -2.11. The maximum Gasteiger partial charge on any atom is 0.253 e. The van der Waals surface area contributed by atoms with E-state index in [4.69, 9.17) is 11.6 Å². The molecule has 0 aliphatic carbocycles. The van der Waals surface area contributed by atoms with Crippen molar-refractivity contribution >= 4 is 34.8 Å². The monoisotopic (exact) mass is 349 g/mol. The Bertz CT molecular complexity index is 748. The summed E-state index contributed by atoms with van der Waals surface area (Å²) < 4.78 is 13.1. The molecule has 24 heavy (non-hydrogen) atoms. The van der Waals surface area contributed by atoms with Crippen LogP contribution in [0.25, 0.3) is 0 Å². The predicted molar refractivity (Wildman–Crippen MR) is 93.0 cm³/mol. The van der Waals surface area contributed by atoms with E-state index in [2.05, 4.69) is 10.6 Å². The minimum absolute atomic E-state index is 0.0238. The first-order chi connectivity index (χ1) is 11.4. The molecule has 0 atom stereocenters. The Kier molecular flexibility index (Phi) is 5.76. The Morgan fingerprint density at radius 2 is 1.71 bits per heavy atom. The van der Waals surface area contributed by atoms with Gasteiger partial charge in [-0.3, -0.25) is 9.59 Å². The van der Waals surface area contributed by atoms with Crippen LogP contribution in [0, 0.1) is 5.82 Å².